The van der Waals surface area contributed by atoms with Gasteiger partial charge in [0.15, 0.2) is 12.2 Å². The van der Waals surface area contributed by atoms with Crippen LogP contribution < -0.4 is 0 Å². The SMILES string of the molecule is CCCCCCCCCCCCCCCCCCCC(=O)O[C@H](COC(=O)CCCCCCCCCCCCC(C)C)COP(=O)(O)OC[C@@H](O)COP(=O)(O)OC[C@@H](COC(=O)CCCCCCCCCCC(C)CC)OC(=O)CCCCCCCCCCC(C)CC. The van der Waals surface area contributed by atoms with Crippen molar-refractivity contribution in [2.75, 3.05) is 39.6 Å². The number of hydrogen-bond donors (Lipinski definition) is 3. The molecule has 558 valence electrons. The third kappa shape index (κ3) is 66.0. The van der Waals surface area contributed by atoms with Gasteiger partial charge in [-0.2, -0.15) is 0 Å². The van der Waals surface area contributed by atoms with Gasteiger partial charge in [-0.05, 0) is 43.4 Å². The summed E-state index contributed by atoms with van der Waals surface area (Å²) in [6.45, 7) is 11.9. The number of aliphatic hydroxyl groups is 1. The molecule has 0 aliphatic heterocycles. The van der Waals surface area contributed by atoms with Crippen molar-refractivity contribution in [2.24, 2.45) is 17.8 Å². The van der Waals surface area contributed by atoms with E-state index in [9.17, 15) is 43.2 Å². The fourth-order valence-corrected chi connectivity index (χ4v) is 12.9. The molecule has 0 radical (unpaired) electrons. The van der Waals surface area contributed by atoms with Crippen LogP contribution in [0.5, 0.6) is 0 Å². The molecule has 0 aromatic heterocycles. The Kier molecular flexibility index (Phi) is 64.3. The Morgan fingerprint density at radius 1 is 0.309 bits per heavy atom. The fraction of sp³-hybridized carbons (Fsp3) is 0.947. The summed E-state index contributed by atoms with van der Waals surface area (Å²) in [7, 11) is -9.91. The van der Waals surface area contributed by atoms with Gasteiger partial charge in [0.25, 0.3) is 0 Å². The van der Waals surface area contributed by atoms with E-state index in [1.54, 1.807) is 0 Å². The van der Waals surface area contributed by atoms with Crippen LogP contribution in [-0.4, -0.2) is 96.7 Å². The van der Waals surface area contributed by atoms with E-state index >= 15 is 0 Å². The minimum absolute atomic E-state index is 0.104. The molecule has 0 saturated carbocycles. The number of phosphoric ester groups is 2. The summed E-state index contributed by atoms with van der Waals surface area (Å²) >= 11 is 0. The summed E-state index contributed by atoms with van der Waals surface area (Å²) in [6.07, 6.45) is 51.2. The number of carbonyl (C=O) groups excluding carboxylic acids is 4. The first kappa shape index (κ1) is 92.1. The van der Waals surface area contributed by atoms with Crippen LogP contribution in [-0.2, 0) is 65.4 Å². The summed E-state index contributed by atoms with van der Waals surface area (Å²) in [5.74, 6) is 0.185. The van der Waals surface area contributed by atoms with Crippen LogP contribution in [0.3, 0.4) is 0 Å². The van der Waals surface area contributed by atoms with Crippen molar-refractivity contribution in [3.63, 3.8) is 0 Å². The molecule has 0 spiro atoms. The first-order valence-electron chi connectivity index (χ1n) is 38.9. The number of carbonyl (C=O) groups is 4. The van der Waals surface area contributed by atoms with Gasteiger partial charge in [-0.15, -0.1) is 0 Å². The average molecular weight is 1380 g/mol. The van der Waals surface area contributed by atoms with Crippen LogP contribution in [0.15, 0.2) is 0 Å². The minimum atomic E-state index is -4.96. The highest BCUT2D eigenvalue weighted by atomic mass is 31.2. The van der Waals surface area contributed by atoms with Crippen molar-refractivity contribution < 1.29 is 80.2 Å². The van der Waals surface area contributed by atoms with Gasteiger partial charge < -0.3 is 33.8 Å². The van der Waals surface area contributed by atoms with Crippen molar-refractivity contribution in [1.82, 2.24) is 0 Å². The number of aliphatic hydroxyl groups excluding tert-OH is 1. The molecule has 7 atom stereocenters. The number of hydrogen-bond acceptors (Lipinski definition) is 15. The van der Waals surface area contributed by atoms with Crippen LogP contribution >= 0.6 is 15.6 Å². The van der Waals surface area contributed by atoms with Crippen molar-refractivity contribution in [2.45, 2.75) is 401 Å². The van der Waals surface area contributed by atoms with Crippen molar-refractivity contribution >= 4 is 39.5 Å². The van der Waals surface area contributed by atoms with Crippen molar-refractivity contribution in [1.29, 1.82) is 0 Å². The van der Waals surface area contributed by atoms with Gasteiger partial charge in [-0.3, -0.25) is 37.3 Å². The third-order valence-electron chi connectivity index (χ3n) is 18.1. The van der Waals surface area contributed by atoms with E-state index in [4.69, 9.17) is 37.0 Å². The maximum absolute atomic E-state index is 13.1. The quantitative estimate of drug-likeness (QED) is 0.0222. The Labute approximate surface area is 575 Å². The molecular formula is C75H146O17P2. The van der Waals surface area contributed by atoms with Gasteiger partial charge >= 0.3 is 39.5 Å². The predicted octanol–water partition coefficient (Wildman–Crippen LogP) is 21.8. The van der Waals surface area contributed by atoms with Crippen LogP contribution in [0.25, 0.3) is 0 Å². The summed E-state index contributed by atoms with van der Waals surface area (Å²) in [6, 6.07) is 0. The average Bonchev–Trinajstić information content (AvgIpc) is 1.43. The molecule has 0 aliphatic rings. The number of esters is 4. The molecule has 0 bridgehead atoms. The van der Waals surface area contributed by atoms with E-state index in [1.165, 1.54) is 193 Å². The van der Waals surface area contributed by atoms with Crippen LogP contribution in [0.1, 0.15) is 382 Å². The molecule has 0 aliphatic carbocycles. The first-order chi connectivity index (χ1) is 45.3. The van der Waals surface area contributed by atoms with E-state index in [-0.39, 0.29) is 25.7 Å². The summed E-state index contributed by atoms with van der Waals surface area (Å²) in [5.41, 5.74) is 0. The Morgan fingerprint density at radius 2 is 0.543 bits per heavy atom. The lowest BCUT2D eigenvalue weighted by Crippen LogP contribution is -2.30. The van der Waals surface area contributed by atoms with Crippen molar-refractivity contribution in [3.8, 4) is 0 Å². The number of ether oxygens (including phenoxy) is 4. The highest BCUT2D eigenvalue weighted by Gasteiger charge is 2.30. The summed E-state index contributed by atoms with van der Waals surface area (Å²) in [4.78, 5) is 72.8. The zero-order valence-corrected chi connectivity index (χ0v) is 63.2. The number of rotatable bonds is 73. The van der Waals surface area contributed by atoms with Crippen LogP contribution in [0.2, 0.25) is 0 Å². The normalized spacial score (nSPS) is 14.7. The zero-order chi connectivity index (χ0) is 69.4. The zero-order valence-electron chi connectivity index (χ0n) is 61.4. The van der Waals surface area contributed by atoms with E-state index in [0.717, 1.165) is 108 Å². The largest absolute Gasteiger partial charge is 0.472 e. The molecule has 19 heteroatoms. The number of unbranched alkanes of at least 4 members (excludes halogenated alkanes) is 39. The molecule has 0 fully saturated rings. The molecule has 4 unspecified atom stereocenters. The van der Waals surface area contributed by atoms with E-state index in [1.807, 2.05) is 0 Å². The van der Waals surface area contributed by atoms with Gasteiger partial charge in [0.05, 0.1) is 26.4 Å². The second-order valence-electron chi connectivity index (χ2n) is 28.0. The van der Waals surface area contributed by atoms with Crippen molar-refractivity contribution in [3.05, 3.63) is 0 Å². The second-order valence-corrected chi connectivity index (χ2v) is 30.9. The molecule has 17 nitrogen and oxygen atoms in total. The highest BCUT2D eigenvalue weighted by Crippen LogP contribution is 2.45. The Balaban J connectivity index is 5.27. The number of phosphoric acid groups is 2. The Bertz CT molecular complexity index is 1840. The van der Waals surface area contributed by atoms with Crippen LogP contribution in [0.4, 0.5) is 0 Å². The molecule has 0 aromatic carbocycles. The molecule has 0 saturated heterocycles. The molecular weight excluding hydrogens is 1230 g/mol. The third-order valence-corrected chi connectivity index (χ3v) is 20.0. The van der Waals surface area contributed by atoms with Crippen LogP contribution in [0, 0.1) is 17.8 Å². The summed E-state index contributed by atoms with van der Waals surface area (Å²) < 4.78 is 68.5. The molecule has 94 heavy (non-hydrogen) atoms. The maximum Gasteiger partial charge on any atom is 0.472 e. The fourth-order valence-electron chi connectivity index (χ4n) is 11.4. The molecule has 0 aromatic rings. The summed E-state index contributed by atoms with van der Waals surface area (Å²) in [5, 5.41) is 10.6. The standard InChI is InChI=1S/C75H146O17P2/c1-8-11-12-13-14-15-16-17-18-19-20-21-22-27-37-44-51-58-74(79)91-70(62-85-72(77)56-49-42-35-26-24-23-25-32-39-46-53-66(4)5)64-89-93(81,82)87-60-69(76)61-88-94(83,84)90-65-71(92-75(80)59-52-45-38-31-29-34-41-48-55-68(7)10-3)63-86-73(78)57-50-43-36-30-28-33-40-47-54-67(6)9-2/h66-71,76H,8-65H2,1-7H3,(H,81,82)(H,83,84)/t67?,68?,69-,70-,71-/m1/s1. The molecule has 0 rings (SSSR count). The predicted molar refractivity (Wildman–Crippen MR) is 381 cm³/mol. The molecule has 0 heterocycles. The smallest absolute Gasteiger partial charge is 0.462 e. The molecule has 3 N–H and O–H groups in total. The molecule has 0 amide bonds. The van der Waals surface area contributed by atoms with Gasteiger partial charge in [0.2, 0.25) is 0 Å². The Morgan fingerprint density at radius 3 is 0.809 bits per heavy atom. The second kappa shape index (κ2) is 65.7. The topological polar surface area (TPSA) is 237 Å². The highest BCUT2D eigenvalue weighted by molar-refractivity contribution is 7.47. The van der Waals surface area contributed by atoms with Gasteiger partial charge in [-0.25, -0.2) is 9.13 Å². The van der Waals surface area contributed by atoms with E-state index in [2.05, 4.69) is 48.5 Å². The van der Waals surface area contributed by atoms with Gasteiger partial charge in [-0.1, -0.05) is 331 Å². The maximum atomic E-state index is 13.1. The Hall–Kier alpha value is -1.94. The monoisotopic (exact) mass is 1380 g/mol. The van der Waals surface area contributed by atoms with E-state index in [0.29, 0.717) is 25.7 Å². The lowest BCUT2D eigenvalue weighted by atomic mass is 9.99. The first-order valence-corrected chi connectivity index (χ1v) is 41.9. The van der Waals surface area contributed by atoms with Gasteiger partial charge in [0.1, 0.15) is 19.3 Å². The lowest BCUT2D eigenvalue weighted by molar-refractivity contribution is -0.161. The minimum Gasteiger partial charge on any atom is -0.462 e. The van der Waals surface area contributed by atoms with Gasteiger partial charge in [0, 0.05) is 25.7 Å². The lowest BCUT2D eigenvalue weighted by Gasteiger charge is -2.21. The van der Waals surface area contributed by atoms with E-state index < -0.39 is 97.5 Å².